The topological polar surface area (TPSA) is 43.8 Å². The average Bonchev–Trinajstić information content (AvgIpc) is 2.68. The molecule has 1 N–H and O–H groups in total. The molecule has 2 fully saturated rings. The molecule has 0 spiro atoms. The maximum Gasteiger partial charge on any atom is 0.414 e. The summed E-state index contributed by atoms with van der Waals surface area (Å²) < 4.78 is 37.3. The molecule has 0 bridgehead atoms. The van der Waals surface area contributed by atoms with Gasteiger partial charge in [-0.3, -0.25) is 9.69 Å². The Bertz CT molecular complexity index is 340. The largest absolute Gasteiger partial charge is 0.414 e. The lowest BCUT2D eigenvalue weighted by Gasteiger charge is -2.37. The Hall–Kier alpha value is -0.820. The van der Waals surface area contributed by atoms with Crippen molar-refractivity contribution in [2.75, 3.05) is 26.7 Å². The van der Waals surface area contributed by atoms with E-state index in [0.717, 1.165) is 6.42 Å². The highest BCUT2D eigenvalue weighted by molar-refractivity contribution is 5.83. The minimum Gasteiger partial charge on any atom is -0.383 e. The van der Waals surface area contributed by atoms with Crippen molar-refractivity contribution in [3.05, 3.63) is 0 Å². The molecule has 2 saturated heterocycles. The van der Waals surface area contributed by atoms with Crippen LogP contribution in [0, 0.1) is 5.92 Å². The SMILES string of the molecule is CN1CCC(N2CCC(C(O)C(F)(F)F)CC2)C1=O. The van der Waals surface area contributed by atoms with Crippen molar-refractivity contribution >= 4 is 5.91 Å². The maximum absolute atomic E-state index is 12.4. The summed E-state index contributed by atoms with van der Waals surface area (Å²) >= 11 is 0. The maximum atomic E-state index is 12.4. The Morgan fingerprint density at radius 2 is 1.79 bits per heavy atom. The van der Waals surface area contributed by atoms with Crippen LogP contribution < -0.4 is 0 Å². The first-order valence-electron chi connectivity index (χ1n) is 6.54. The lowest BCUT2D eigenvalue weighted by Crippen LogP contribution is -2.48. The van der Waals surface area contributed by atoms with E-state index in [2.05, 4.69) is 0 Å². The zero-order chi connectivity index (χ0) is 14.2. The second-order valence-electron chi connectivity index (χ2n) is 5.42. The normalized spacial score (nSPS) is 29.0. The number of hydrogen-bond donors (Lipinski definition) is 1. The van der Waals surface area contributed by atoms with E-state index in [0.29, 0.717) is 19.6 Å². The quantitative estimate of drug-likeness (QED) is 0.815. The molecule has 0 aromatic carbocycles. The minimum absolute atomic E-state index is 0.0508. The van der Waals surface area contributed by atoms with Gasteiger partial charge in [0.1, 0.15) is 0 Å². The first-order chi connectivity index (χ1) is 8.80. The molecule has 0 aromatic rings. The predicted molar refractivity (Wildman–Crippen MR) is 62.4 cm³/mol. The molecule has 0 radical (unpaired) electrons. The number of halogens is 3. The molecule has 110 valence electrons. The number of aliphatic hydroxyl groups is 1. The third kappa shape index (κ3) is 3.02. The number of likely N-dealkylation sites (tertiary alicyclic amines) is 2. The molecule has 2 unspecified atom stereocenters. The molecule has 7 heteroatoms. The number of piperidine rings is 1. The van der Waals surface area contributed by atoms with Gasteiger partial charge in [0, 0.05) is 13.6 Å². The lowest BCUT2D eigenvalue weighted by molar-refractivity contribution is -0.223. The van der Waals surface area contributed by atoms with E-state index in [4.69, 9.17) is 0 Å². The zero-order valence-electron chi connectivity index (χ0n) is 10.9. The lowest BCUT2D eigenvalue weighted by atomic mass is 9.90. The predicted octanol–water partition coefficient (Wildman–Crippen LogP) is 0.852. The summed E-state index contributed by atoms with van der Waals surface area (Å²) in [5.74, 6) is -0.694. The number of likely N-dealkylation sites (N-methyl/N-ethyl adjacent to an activating group) is 1. The summed E-state index contributed by atoms with van der Waals surface area (Å²) in [6, 6.07) is -0.186. The van der Waals surface area contributed by atoms with E-state index in [1.54, 1.807) is 11.9 Å². The molecule has 2 atom stereocenters. The first kappa shape index (κ1) is 14.6. The van der Waals surface area contributed by atoms with Gasteiger partial charge in [-0.25, -0.2) is 0 Å². The van der Waals surface area contributed by atoms with Gasteiger partial charge in [-0.05, 0) is 38.3 Å². The van der Waals surface area contributed by atoms with Crippen molar-refractivity contribution < 1.29 is 23.1 Å². The Labute approximate surface area is 110 Å². The fraction of sp³-hybridized carbons (Fsp3) is 0.917. The van der Waals surface area contributed by atoms with Crippen LogP contribution in [0.2, 0.25) is 0 Å². The van der Waals surface area contributed by atoms with E-state index >= 15 is 0 Å². The molecule has 0 aliphatic carbocycles. The van der Waals surface area contributed by atoms with Gasteiger partial charge in [-0.2, -0.15) is 13.2 Å². The fourth-order valence-corrected chi connectivity index (χ4v) is 2.96. The van der Waals surface area contributed by atoms with Gasteiger partial charge in [-0.1, -0.05) is 0 Å². The highest BCUT2D eigenvalue weighted by Crippen LogP contribution is 2.32. The van der Waals surface area contributed by atoms with E-state index < -0.39 is 18.2 Å². The van der Waals surface area contributed by atoms with Crippen LogP contribution in [-0.4, -0.2) is 65.8 Å². The van der Waals surface area contributed by atoms with Gasteiger partial charge in [0.15, 0.2) is 6.10 Å². The molecule has 19 heavy (non-hydrogen) atoms. The summed E-state index contributed by atoms with van der Waals surface area (Å²) in [7, 11) is 1.74. The van der Waals surface area contributed by atoms with Crippen LogP contribution in [0.15, 0.2) is 0 Å². The summed E-state index contributed by atoms with van der Waals surface area (Å²) in [5.41, 5.74) is 0. The van der Waals surface area contributed by atoms with Gasteiger partial charge < -0.3 is 10.0 Å². The Morgan fingerprint density at radius 3 is 2.21 bits per heavy atom. The van der Waals surface area contributed by atoms with E-state index in [-0.39, 0.29) is 24.8 Å². The molecule has 2 aliphatic rings. The summed E-state index contributed by atoms with van der Waals surface area (Å²) in [4.78, 5) is 15.4. The van der Waals surface area contributed by atoms with Crippen molar-refractivity contribution in [3.63, 3.8) is 0 Å². The molecule has 2 heterocycles. The van der Waals surface area contributed by atoms with Crippen LogP contribution in [-0.2, 0) is 4.79 Å². The van der Waals surface area contributed by atoms with Crippen LogP contribution in [0.25, 0.3) is 0 Å². The second-order valence-corrected chi connectivity index (χ2v) is 5.42. The number of carbonyl (C=O) groups excluding carboxylic acids is 1. The van der Waals surface area contributed by atoms with Crippen molar-refractivity contribution in [2.45, 2.75) is 37.6 Å². The number of hydrogen-bond acceptors (Lipinski definition) is 3. The number of alkyl halides is 3. The molecular formula is C12H19F3N2O2. The molecule has 0 saturated carbocycles. The second kappa shape index (κ2) is 5.28. The highest BCUT2D eigenvalue weighted by Gasteiger charge is 2.45. The third-order valence-electron chi connectivity index (χ3n) is 4.20. The van der Waals surface area contributed by atoms with Crippen molar-refractivity contribution in [1.29, 1.82) is 0 Å². The number of carbonyl (C=O) groups is 1. The molecule has 4 nitrogen and oxygen atoms in total. The summed E-state index contributed by atoms with van der Waals surface area (Å²) in [6.45, 7) is 1.60. The van der Waals surface area contributed by atoms with Crippen molar-refractivity contribution in [1.82, 2.24) is 9.80 Å². The summed E-state index contributed by atoms with van der Waals surface area (Å²) in [5, 5.41) is 9.24. The third-order valence-corrected chi connectivity index (χ3v) is 4.20. The van der Waals surface area contributed by atoms with Crippen LogP contribution in [0.3, 0.4) is 0 Å². The number of rotatable bonds is 2. The van der Waals surface area contributed by atoms with Crippen LogP contribution in [0.4, 0.5) is 13.2 Å². The Kier molecular flexibility index (Phi) is 4.06. The van der Waals surface area contributed by atoms with Crippen molar-refractivity contribution in [3.8, 4) is 0 Å². The minimum atomic E-state index is -4.55. The van der Waals surface area contributed by atoms with Gasteiger partial charge in [-0.15, -0.1) is 0 Å². The smallest absolute Gasteiger partial charge is 0.383 e. The highest BCUT2D eigenvalue weighted by atomic mass is 19.4. The molecule has 0 aromatic heterocycles. The van der Waals surface area contributed by atoms with Gasteiger partial charge in [0.05, 0.1) is 6.04 Å². The standard InChI is InChI=1S/C12H19F3N2O2/c1-16-5-4-9(11(16)19)17-6-2-8(3-7-17)10(18)12(13,14)15/h8-10,18H,2-7H2,1H3. The van der Waals surface area contributed by atoms with Gasteiger partial charge in [0.25, 0.3) is 0 Å². The van der Waals surface area contributed by atoms with Gasteiger partial charge >= 0.3 is 6.18 Å². The van der Waals surface area contributed by atoms with Crippen LogP contribution in [0.1, 0.15) is 19.3 Å². The summed E-state index contributed by atoms with van der Waals surface area (Å²) in [6.07, 6.45) is -5.47. The Balaban J connectivity index is 1.88. The average molecular weight is 280 g/mol. The van der Waals surface area contributed by atoms with E-state index in [9.17, 15) is 23.1 Å². The Morgan fingerprint density at radius 1 is 1.21 bits per heavy atom. The van der Waals surface area contributed by atoms with Gasteiger partial charge in [0.2, 0.25) is 5.91 Å². The molecule has 2 rings (SSSR count). The fourth-order valence-electron chi connectivity index (χ4n) is 2.96. The number of aliphatic hydroxyl groups excluding tert-OH is 1. The molecular weight excluding hydrogens is 261 g/mol. The molecule has 2 aliphatic heterocycles. The zero-order valence-corrected chi connectivity index (χ0v) is 10.9. The number of nitrogens with zero attached hydrogens (tertiary/aromatic N) is 2. The van der Waals surface area contributed by atoms with Crippen LogP contribution in [0.5, 0.6) is 0 Å². The van der Waals surface area contributed by atoms with E-state index in [1.807, 2.05) is 4.90 Å². The first-order valence-corrected chi connectivity index (χ1v) is 6.54. The van der Waals surface area contributed by atoms with Crippen LogP contribution >= 0.6 is 0 Å². The van der Waals surface area contributed by atoms with E-state index in [1.165, 1.54) is 0 Å². The van der Waals surface area contributed by atoms with Crippen molar-refractivity contribution in [2.24, 2.45) is 5.92 Å². The molecule has 1 amide bonds. The monoisotopic (exact) mass is 280 g/mol. The number of amides is 1.